The van der Waals surface area contributed by atoms with E-state index in [2.05, 4.69) is 26.5 Å². The Labute approximate surface area is 126 Å². The van der Waals surface area contributed by atoms with Crippen molar-refractivity contribution in [2.75, 3.05) is 0 Å². The summed E-state index contributed by atoms with van der Waals surface area (Å²) in [7, 11) is 0. The van der Waals surface area contributed by atoms with Crippen LogP contribution in [0, 0.1) is 10.1 Å². The van der Waals surface area contributed by atoms with Crippen molar-refractivity contribution in [3.8, 4) is 0 Å². The summed E-state index contributed by atoms with van der Waals surface area (Å²) in [4.78, 5) is 22.7. The molecule has 0 aliphatic rings. The molecular formula is C12H8BrN3O3S. The first kappa shape index (κ1) is 14.4. The van der Waals surface area contributed by atoms with E-state index in [-0.39, 0.29) is 11.3 Å². The number of hydrogen-bond acceptors (Lipinski definition) is 5. The van der Waals surface area contributed by atoms with Crippen LogP contribution >= 0.6 is 27.3 Å². The van der Waals surface area contributed by atoms with Crippen molar-refractivity contribution in [1.29, 1.82) is 0 Å². The second kappa shape index (κ2) is 6.40. The summed E-state index contributed by atoms with van der Waals surface area (Å²) >= 11 is 4.78. The zero-order chi connectivity index (χ0) is 14.5. The second-order valence-electron chi connectivity index (χ2n) is 3.67. The number of nitrogens with zero attached hydrogens (tertiary/aromatic N) is 2. The van der Waals surface area contributed by atoms with Crippen LogP contribution in [0.4, 0.5) is 5.69 Å². The monoisotopic (exact) mass is 353 g/mol. The van der Waals surface area contributed by atoms with Gasteiger partial charge in [0.15, 0.2) is 0 Å². The van der Waals surface area contributed by atoms with E-state index in [1.165, 1.54) is 41.8 Å². The first-order valence-corrected chi connectivity index (χ1v) is 7.05. The standard InChI is InChI=1S/C12H8BrN3O3S/c13-9-5-11(20-7-9)6-14-15-12(17)8-2-1-3-10(4-8)16(18)19/h1-7H,(H,15,17)/b14-6+. The number of non-ortho nitro benzene ring substituents is 1. The van der Waals surface area contributed by atoms with E-state index >= 15 is 0 Å². The maximum absolute atomic E-state index is 11.8. The summed E-state index contributed by atoms with van der Waals surface area (Å²) in [5.74, 6) is -0.499. The van der Waals surface area contributed by atoms with Crippen LogP contribution in [0.25, 0.3) is 0 Å². The highest BCUT2D eigenvalue weighted by molar-refractivity contribution is 9.10. The molecule has 2 rings (SSSR count). The number of carbonyl (C=O) groups excluding carboxylic acids is 1. The predicted molar refractivity (Wildman–Crippen MR) is 80.2 cm³/mol. The Balaban J connectivity index is 2.03. The van der Waals surface area contributed by atoms with E-state index < -0.39 is 10.8 Å². The molecule has 0 aliphatic heterocycles. The molecule has 102 valence electrons. The third-order valence-corrected chi connectivity index (χ3v) is 3.89. The number of hydrazone groups is 1. The summed E-state index contributed by atoms with van der Waals surface area (Å²) in [5.41, 5.74) is 2.37. The predicted octanol–water partition coefficient (Wildman–Crippen LogP) is 3.18. The number of rotatable bonds is 4. The second-order valence-corrected chi connectivity index (χ2v) is 5.53. The van der Waals surface area contributed by atoms with Crippen LogP contribution in [0.2, 0.25) is 0 Å². The number of nitro groups is 1. The van der Waals surface area contributed by atoms with E-state index in [0.717, 1.165) is 9.35 Å². The minimum Gasteiger partial charge on any atom is -0.267 e. The number of nitro benzene ring substituents is 1. The summed E-state index contributed by atoms with van der Waals surface area (Å²) in [6, 6.07) is 7.32. The number of halogens is 1. The summed E-state index contributed by atoms with van der Waals surface area (Å²) in [6.07, 6.45) is 1.50. The molecule has 1 N–H and O–H groups in total. The van der Waals surface area contributed by atoms with Crippen molar-refractivity contribution in [2.24, 2.45) is 5.10 Å². The smallest absolute Gasteiger partial charge is 0.267 e. The van der Waals surface area contributed by atoms with Gasteiger partial charge in [0, 0.05) is 32.4 Å². The van der Waals surface area contributed by atoms with Gasteiger partial charge in [0.25, 0.3) is 11.6 Å². The fourth-order valence-electron chi connectivity index (χ4n) is 1.38. The molecule has 6 nitrogen and oxygen atoms in total. The molecule has 2 aromatic rings. The molecule has 1 heterocycles. The van der Waals surface area contributed by atoms with E-state index in [4.69, 9.17) is 0 Å². The van der Waals surface area contributed by atoms with E-state index in [9.17, 15) is 14.9 Å². The lowest BCUT2D eigenvalue weighted by Gasteiger charge is -1.99. The van der Waals surface area contributed by atoms with Crippen LogP contribution in [0.1, 0.15) is 15.2 Å². The highest BCUT2D eigenvalue weighted by atomic mass is 79.9. The van der Waals surface area contributed by atoms with Gasteiger partial charge in [-0.25, -0.2) is 5.43 Å². The van der Waals surface area contributed by atoms with Crippen LogP contribution < -0.4 is 5.43 Å². The lowest BCUT2D eigenvalue weighted by molar-refractivity contribution is -0.384. The molecule has 0 saturated heterocycles. The fourth-order valence-corrected chi connectivity index (χ4v) is 2.68. The molecule has 20 heavy (non-hydrogen) atoms. The molecule has 1 aromatic carbocycles. The van der Waals surface area contributed by atoms with Crippen LogP contribution in [-0.4, -0.2) is 17.0 Å². The number of nitrogens with one attached hydrogen (secondary N) is 1. The Kier molecular flexibility index (Phi) is 4.59. The van der Waals surface area contributed by atoms with Crippen molar-refractivity contribution in [3.63, 3.8) is 0 Å². The highest BCUT2D eigenvalue weighted by Crippen LogP contribution is 2.17. The van der Waals surface area contributed by atoms with Gasteiger partial charge in [0.05, 0.1) is 11.1 Å². The van der Waals surface area contributed by atoms with Crippen molar-refractivity contribution in [3.05, 3.63) is 60.7 Å². The Bertz CT molecular complexity index is 684. The first-order valence-electron chi connectivity index (χ1n) is 5.38. The maximum Gasteiger partial charge on any atom is 0.271 e. The Morgan fingerprint density at radius 2 is 2.25 bits per heavy atom. The van der Waals surface area contributed by atoms with E-state index in [0.29, 0.717) is 0 Å². The van der Waals surface area contributed by atoms with Crippen LogP contribution in [0.15, 0.2) is 45.3 Å². The zero-order valence-electron chi connectivity index (χ0n) is 9.95. The minimum absolute atomic E-state index is 0.135. The number of carbonyl (C=O) groups is 1. The van der Waals surface area contributed by atoms with Crippen molar-refractivity contribution in [1.82, 2.24) is 5.43 Å². The van der Waals surface area contributed by atoms with Gasteiger partial charge in [0.1, 0.15) is 0 Å². The lowest BCUT2D eigenvalue weighted by atomic mass is 10.2. The molecular weight excluding hydrogens is 346 g/mol. The normalized spacial score (nSPS) is 10.7. The van der Waals surface area contributed by atoms with Gasteiger partial charge in [-0.2, -0.15) is 5.10 Å². The SMILES string of the molecule is O=C(N/N=C/c1cc(Br)cs1)c1cccc([N+](=O)[O-])c1. The average Bonchev–Trinajstić information content (AvgIpc) is 2.84. The third kappa shape index (κ3) is 3.72. The molecule has 0 unspecified atom stereocenters. The number of thiophene rings is 1. The molecule has 1 aromatic heterocycles. The third-order valence-electron chi connectivity index (χ3n) is 2.26. The van der Waals surface area contributed by atoms with Crippen molar-refractivity contribution >= 4 is 45.1 Å². The molecule has 0 atom stereocenters. The lowest BCUT2D eigenvalue weighted by Crippen LogP contribution is -2.17. The Morgan fingerprint density at radius 1 is 1.45 bits per heavy atom. The number of benzene rings is 1. The average molecular weight is 354 g/mol. The maximum atomic E-state index is 11.8. The van der Waals surface area contributed by atoms with Crippen molar-refractivity contribution < 1.29 is 9.72 Å². The van der Waals surface area contributed by atoms with Crippen LogP contribution in [-0.2, 0) is 0 Å². The molecule has 0 fully saturated rings. The van der Waals surface area contributed by atoms with Gasteiger partial charge in [-0.1, -0.05) is 6.07 Å². The largest absolute Gasteiger partial charge is 0.271 e. The van der Waals surface area contributed by atoms with Gasteiger partial charge in [-0.05, 0) is 28.1 Å². The molecule has 0 aliphatic carbocycles. The molecule has 0 bridgehead atoms. The molecule has 1 amide bonds. The summed E-state index contributed by atoms with van der Waals surface area (Å²) in [5, 5.41) is 16.3. The molecule has 0 radical (unpaired) electrons. The van der Waals surface area contributed by atoms with Crippen LogP contribution in [0.3, 0.4) is 0 Å². The van der Waals surface area contributed by atoms with Gasteiger partial charge < -0.3 is 0 Å². The fraction of sp³-hybridized carbons (Fsp3) is 0. The first-order chi connectivity index (χ1) is 9.56. The van der Waals surface area contributed by atoms with E-state index in [1.807, 2.05) is 11.4 Å². The summed E-state index contributed by atoms with van der Waals surface area (Å²) < 4.78 is 0.939. The molecule has 0 saturated carbocycles. The number of hydrogen-bond donors (Lipinski definition) is 1. The quantitative estimate of drug-likeness (QED) is 0.520. The van der Waals surface area contributed by atoms with Gasteiger partial charge in [-0.15, -0.1) is 11.3 Å². The Morgan fingerprint density at radius 3 is 2.90 bits per heavy atom. The van der Waals surface area contributed by atoms with Gasteiger partial charge in [-0.3, -0.25) is 14.9 Å². The minimum atomic E-state index is -0.552. The van der Waals surface area contributed by atoms with E-state index in [1.54, 1.807) is 0 Å². The highest BCUT2D eigenvalue weighted by Gasteiger charge is 2.10. The van der Waals surface area contributed by atoms with Gasteiger partial charge in [0.2, 0.25) is 0 Å². The summed E-state index contributed by atoms with van der Waals surface area (Å²) in [6.45, 7) is 0. The van der Waals surface area contributed by atoms with Gasteiger partial charge >= 0.3 is 0 Å². The number of amides is 1. The van der Waals surface area contributed by atoms with Crippen molar-refractivity contribution in [2.45, 2.75) is 0 Å². The topological polar surface area (TPSA) is 84.6 Å². The van der Waals surface area contributed by atoms with Crippen LogP contribution in [0.5, 0.6) is 0 Å². The zero-order valence-corrected chi connectivity index (χ0v) is 12.3. The molecule has 0 spiro atoms. The molecule has 8 heteroatoms. The Hall–Kier alpha value is -2.06.